The van der Waals surface area contributed by atoms with E-state index in [1.807, 2.05) is 43.3 Å². The lowest BCUT2D eigenvalue weighted by Gasteiger charge is -2.21. The summed E-state index contributed by atoms with van der Waals surface area (Å²) in [5.74, 6) is 1.86. The molecule has 2 aliphatic rings. The zero-order valence-electron chi connectivity index (χ0n) is 17.6. The molecule has 0 bridgehead atoms. The monoisotopic (exact) mass is 453 g/mol. The van der Waals surface area contributed by atoms with Crippen molar-refractivity contribution in [3.63, 3.8) is 0 Å². The average molecular weight is 454 g/mol. The van der Waals surface area contributed by atoms with Gasteiger partial charge in [-0.3, -0.25) is 4.79 Å². The lowest BCUT2D eigenvalue weighted by Crippen LogP contribution is -2.34. The second kappa shape index (κ2) is 8.74. The van der Waals surface area contributed by atoms with E-state index in [2.05, 4.69) is 15.5 Å². The molecule has 1 spiro atoms. The molecule has 1 saturated carbocycles. The molecule has 0 unspecified atom stereocenters. The topological polar surface area (TPSA) is 95.7 Å². The van der Waals surface area contributed by atoms with Crippen LogP contribution < -0.4 is 19.5 Å². The number of thioether (sulfide) groups is 1. The third-order valence-corrected chi connectivity index (χ3v) is 6.15. The minimum Gasteiger partial charge on any atom is -0.493 e. The third-order valence-electron chi connectivity index (χ3n) is 5.34. The van der Waals surface area contributed by atoms with E-state index in [1.165, 1.54) is 11.8 Å². The number of amides is 1. The van der Waals surface area contributed by atoms with E-state index in [9.17, 15) is 4.79 Å². The Labute approximate surface area is 189 Å². The van der Waals surface area contributed by atoms with Crippen molar-refractivity contribution in [3.8, 4) is 28.7 Å². The Morgan fingerprint density at radius 3 is 2.78 bits per heavy atom. The summed E-state index contributed by atoms with van der Waals surface area (Å²) in [5.41, 5.74) is 1.38. The first-order chi connectivity index (χ1) is 15.6. The zero-order chi connectivity index (χ0) is 22.0. The van der Waals surface area contributed by atoms with Crippen molar-refractivity contribution in [3.05, 3.63) is 42.5 Å². The quantitative estimate of drug-likeness (QED) is 0.504. The summed E-state index contributed by atoms with van der Waals surface area (Å²) in [6.07, 6.45) is 3.98. The van der Waals surface area contributed by atoms with Crippen molar-refractivity contribution in [2.24, 2.45) is 0 Å². The number of carbonyl (C=O) groups excluding carboxylic acids is 1. The number of nitrogens with zero attached hydrogens (tertiary/aromatic N) is 2. The van der Waals surface area contributed by atoms with Crippen LogP contribution in [-0.4, -0.2) is 34.3 Å². The maximum Gasteiger partial charge on any atom is 0.277 e. The van der Waals surface area contributed by atoms with E-state index in [4.69, 9.17) is 18.6 Å². The van der Waals surface area contributed by atoms with E-state index >= 15 is 0 Å². The minimum absolute atomic E-state index is 0.132. The Balaban J connectivity index is 1.18. The molecule has 5 rings (SSSR count). The number of hydrogen-bond acceptors (Lipinski definition) is 8. The van der Waals surface area contributed by atoms with Crippen molar-refractivity contribution in [1.82, 2.24) is 10.2 Å². The van der Waals surface area contributed by atoms with Crippen LogP contribution in [0.1, 0.15) is 32.6 Å². The molecular weight excluding hydrogens is 430 g/mol. The lowest BCUT2D eigenvalue weighted by molar-refractivity contribution is -0.113. The Bertz CT molecular complexity index is 1130. The summed E-state index contributed by atoms with van der Waals surface area (Å²) < 4.78 is 23.4. The van der Waals surface area contributed by atoms with Crippen LogP contribution >= 0.6 is 11.8 Å². The zero-order valence-corrected chi connectivity index (χ0v) is 18.4. The molecular formula is C23H23N3O5S. The molecule has 2 heterocycles. The van der Waals surface area contributed by atoms with Gasteiger partial charge in [0.2, 0.25) is 5.91 Å². The Hall–Kier alpha value is -3.20. The standard InChI is InChI=1S/C23H23N3O5S/c1-2-28-17-8-4-3-7-16(17)21-25-26-22(29-21)32-14-20(27)24-15-9-10-18-19(13-15)31-23(30-18)11-5-6-12-23/h3-4,7-10,13H,2,5-6,11-12,14H2,1H3,(H,24,27). The maximum absolute atomic E-state index is 12.4. The van der Waals surface area contributed by atoms with Gasteiger partial charge in [0.15, 0.2) is 11.5 Å². The SMILES string of the molecule is CCOc1ccccc1-c1nnc(SCC(=O)Nc2ccc3c(c2)OC2(CCCC2)O3)o1. The van der Waals surface area contributed by atoms with E-state index in [-0.39, 0.29) is 11.7 Å². The van der Waals surface area contributed by atoms with Gasteiger partial charge in [-0.1, -0.05) is 23.9 Å². The highest BCUT2D eigenvalue weighted by molar-refractivity contribution is 7.99. The molecule has 9 heteroatoms. The number of nitrogens with one attached hydrogen (secondary N) is 1. The molecule has 1 amide bonds. The maximum atomic E-state index is 12.4. The van der Waals surface area contributed by atoms with Crippen LogP contribution in [0.5, 0.6) is 17.2 Å². The van der Waals surface area contributed by atoms with E-state index in [1.54, 1.807) is 6.07 Å². The molecule has 3 aromatic rings. The fraction of sp³-hybridized carbons (Fsp3) is 0.348. The van der Waals surface area contributed by atoms with Crippen LogP contribution in [0.2, 0.25) is 0 Å². The number of fused-ring (bicyclic) bond motifs is 1. The number of carbonyl (C=O) groups is 1. The molecule has 0 radical (unpaired) electrons. The third kappa shape index (κ3) is 4.25. The first kappa shape index (κ1) is 20.7. The highest BCUT2D eigenvalue weighted by Crippen LogP contribution is 2.47. The Morgan fingerprint density at radius 1 is 1.12 bits per heavy atom. The summed E-state index contributed by atoms with van der Waals surface area (Å²) in [6, 6.07) is 12.9. The molecule has 0 saturated heterocycles. The Morgan fingerprint density at radius 2 is 1.94 bits per heavy atom. The number of rotatable bonds is 7. The number of hydrogen-bond donors (Lipinski definition) is 1. The van der Waals surface area contributed by atoms with Crippen LogP contribution in [0.25, 0.3) is 11.5 Å². The van der Waals surface area contributed by atoms with Crippen molar-refractivity contribution < 1.29 is 23.4 Å². The van der Waals surface area contributed by atoms with Gasteiger partial charge < -0.3 is 23.9 Å². The number of ether oxygens (including phenoxy) is 3. The molecule has 1 fully saturated rings. The van der Waals surface area contributed by atoms with E-state index in [0.717, 1.165) is 37.0 Å². The smallest absolute Gasteiger partial charge is 0.277 e. The van der Waals surface area contributed by atoms with Crippen molar-refractivity contribution in [2.45, 2.75) is 43.6 Å². The normalized spacial score (nSPS) is 15.8. The van der Waals surface area contributed by atoms with Crippen LogP contribution in [0.15, 0.2) is 52.1 Å². The van der Waals surface area contributed by atoms with Crippen LogP contribution in [0.4, 0.5) is 5.69 Å². The van der Waals surface area contributed by atoms with Crippen LogP contribution in [0.3, 0.4) is 0 Å². The summed E-state index contributed by atoms with van der Waals surface area (Å²) in [6.45, 7) is 2.45. The van der Waals surface area contributed by atoms with Gasteiger partial charge in [-0.25, -0.2) is 0 Å². The summed E-state index contributed by atoms with van der Waals surface area (Å²) in [7, 11) is 0. The van der Waals surface area contributed by atoms with Crippen molar-refractivity contribution >= 4 is 23.4 Å². The molecule has 166 valence electrons. The second-order valence-corrected chi connectivity index (χ2v) is 8.55. The number of aromatic nitrogens is 2. The highest BCUT2D eigenvalue weighted by Gasteiger charge is 2.44. The minimum atomic E-state index is -0.517. The first-order valence-corrected chi connectivity index (χ1v) is 11.6. The molecule has 1 aliphatic carbocycles. The molecule has 8 nitrogen and oxygen atoms in total. The molecule has 0 atom stereocenters. The van der Waals surface area contributed by atoms with Gasteiger partial charge in [-0.15, -0.1) is 10.2 Å². The van der Waals surface area contributed by atoms with E-state index in [0.29, 0.717) is 34.9 Å². The molecule has 1 aliphatic heterocycles. The molecule has 1 aromatic heterocycles. The van der Waals surface area contributed by atoms with Crippen LogP contribution in [-0.2, 0) is 4.79 Å². The highest BCUT2D eigenvalue weighted by atomic mass is 32.2. The number of benzene rings is 2. The second-order valence-electron chi connectivity index (χ2n) is 7.62. The van der Waals surface area contributed by atoms with Gasteiger partial charge in [-0.2, -0.15) is 0 Å². The van der Waals surface area contributed by atoms with Gasteiger partial charge in [-0.05, 0) is 44.0 Å². The summed E-state index contributed by atoms with van der Waals surface area (Å²) >= 11 is 1.17. The predicted molar refractivity (Wildman–Crippen MR) is 119 cm³/mol. The van der Waals surface area contributed by atoms with E-state index < -0.39 is 5.79 Å². The summed E-state index contributed by atoms with van der Waals surface area (Å²) in [4.78, 5) is 12.4. The van der Waals surface area contributed by atoms with Gasteiger partial charge in [0, 0.05) is 24.6 Å². The van der Waals surface area contributed by atoms with Crippen molar-refractivity contribution in [1.29, 1.82) is 0 Å². The fourth-order valence-electron chi connectivity index (χ4n) is 3.92. The first-order valence-electron chi connectivity index (χ1n) is 10.6. The lowest BCUT2D eigenvalue weighted by atomic mass is 10.2. The average Bonchev–Trinajstić information content (AvgIpc) is 3.53. The van der Waals surface area contributed by atoms with Crippen molar-refractivity contribution in [2.75, 3.05) is 17.7 Å². The summed E-state index contributed by atoms with van der Waals surface area (Å²) in [5, 5.41) is 11.3. The molecule has 32 heavy (non-hydrogen) atoms. The number of para-hydroxylation sites is 1. The van der Waals surface area contributed by atoms with Gasteiger partial charge >= 0.3 is 0 Å². The Kier molecular flexibility index (Phi) is 5.65. The molecule has 2 aromatic carbocycles. The van der Waals surface area contributed by atoms with Gasteiger partial charge in [0.1, 0.15) is 5.75 Å². The number of anilines is 1. The largest absolute Gasteiger partial charge is 0.493 e. The fourth-order valence-corrected chi connectivity index (χ4v) is 4.48. The molecule has 1 N–H and O–H groups in total. The predicted octanol–water partition coefficient (Wildman–Crippen LogP) is 4.91. The van der Waals surface area contributed by atoms with Crippen LogP contribution in [0, 0.1) is 0 Å². The van der Waals surface area contributed by atoms with Gasteiger partial charge in [0.05, 0.1) is 17.9 Å². The van der Waals surface area contributed by atoms with Gasteiger partial charge in [0.25, 0.3) is 16.9 Å².